The lowest BCUT2D eigenvalue weighted by atomic mass is 10.3. The highest BCUT2D eigenvalue weighted by atomic mass is 32.1. The fourth-order valence-corrected chi connectivity index (χ4v) is 2.70. The van der Waals surface area contributed by atoms with Crippen LogP contribution in [0.25, 0.3) is 0 Å². The van der Waals surface area contributed by atoms with Crippen molar-refractivity contribution in [1.29, 1.82) is 0 Å². The lowest BCUT2D eigenvalue weighted by Crippen LogP contribution is -2.17. The molecule has 2 heterocycles. The summed E-state index contributed by atoms with van der Waals surface area (Å²) >= 11 is 1.73. The minimum atomic E-state index is 0.858. The van der Waals surface area contributed by atoms with E-state index in [1.807, 2.05) is 24.5 Å². The van der Waals surface area contributed by atoms with Crippen molar-refractivity contribution < 1.29 is 0 Å². The normalized spacial score (nSPS) is 10.9. The lowest BCUT2D eigenvalue weighted by Gasteiger charge is -2.14. The standard InChI is InChI=1S/C14H20N4S/c1-3-7-16-14-17-9-13(19-14)11-18(2)10-12-6-4-5-8-15-12/h4-6,8-9H,3,7,10-11H2,1-2H3,(H,16,17). The van der Waals surface area contributed by atoms with Crippen LogP contribution in [-0.2, 0) is 13.1 Å². The van der Waals surface area contributed by atoms with Crippen LogP contribution in [0, 0.1) is 0 Å². The van der Waals surface area contributed by atoms with E-state index in [0.29, 0.717) is 0 Å². The highest BCUT2D eigenvalue weighted by molar-refractivity contribution is 7.15. The molecule has 0 atom stereocenters. The molecule has 0 aromatic carbocycles. The molecule has 0 saturated heterocycles. The van der Waals surface area contributed by atoms with E-state index in [1.54, 1.807) is 11.3 Å². The van der Waals surface area contributed by atoms with Gasteiger partial charge >= 0.3 is 0 Å². The van der Waals surface area contributed by atoms with E-state index < -0.39 is 0 Å². The van der Waals surface area contributed by atoms with Crippen molar-refractivity contribution in [3.05, 3.63) is 41.2 Å². The number of hydrogen-bond acceptors (Lipinski definition) is 5. The van der Waals surface area contributed by atoms with Gasteiger partial charge in [-0.25, -0.2) is 4.98 Å². The zero-order chi connectivity index (χ0) is 13.5. The van der Waals surface area contributed by atoms with E-state index in [9.17, 15) is 0 Å². The second-order valence-electron chi connectivity index (χ2n) is 4.55. The van der Waals surface area contributed by atoms with Gasteiger partial charge in [-0.2, -0.15) is 0 Å². The van der Waals surface area contributed by atoms with Gasteiger partial charge in [-0.05, 0) is 25.6 Å². The van der Waals surface area contributed by atoms with Crippen LogP contribution in [0.5, 0.6) is 0 Å². The Hall–Kier alpha value is -1.46. The van der Waals surface area contributed by atoms with Crippen molar-refractivity contribution in [1.82, 2.24) is 14.9 Å². The summed E-state index contributed by atoms with van der Waals surface area (Å²) in [4.78, 5) is 12.2. The van der Waals surface area contributed by atoms with Gasteiger partial charge in [0, 0.05) is 36.9 Å². The Labute approximate surface area is 118 Å². The Morgan fingerprint density at radius 3 is 2.89 bits per heavy atom. The van der Waals surface area contributed by atoms with Crippen LogP contribution in [0.1, 0.15) is 23.9 Å². The van der Waals surface area contributed by atoms with E-state index >= 15 is 0 Å². The fraction of sp³-hybridized carbons (Fsp3) is 0.429. The quantitative estimate of drug-likeness (QED) is 0.844. The van der Waals surface area contributed by atoms with Crippen molar-refractivity contribution in [2.24, 2.45) is 0 Å². The van der Waals surface area contributed by atoms with Crippen LogP contribution in [0.4, 0.5) is 5.13 Å². The van der Waals surface area contributed by atoms with Gasteiger partial charge in [0.25, 0.3) is 0 Å². The monoisotopic (exact) mass is 276 g/mol. The second kappa shape index (κ2) is 7.21. The maximum atomic E-state index is 4.38. The molecule has 2 aromatic heterocycles. The van der Waals surface area contributed by atoms with E-state index in [-0.39, 0.29) is 0 Å². The molecule has 0 saturated carbocycles. The van der Waals surface area contributed by atoms with Crippen molar-refractivity contribution in [2.75, 3.05) is 18.9 Å². The molecule has 19 heavy (non-hydrogen) atoms. The van der Waals surface area contributed by atoms with Crippen LogP contribution in [-0.4, -0.2) is 28.5 Å². The molecule has 0 unspecified atom stereocenters. The van der Waals surface area contributed by atoms with Gasteiger partial charge in [-0.15, -0.1) is 11.3 Å². The summed E-state index contributed by atoms with van der Waals surface area (Å²) in [6, 6.07) is 6.02. The summed E-state index contributed by atoms with van der Waals surface area (Å²) in [5.41, 5.74) is 1.10. The molecule has 0 spiro atoms. The largest absolute Gasteiger partial charge is 0.362 e. The topological polar surface area (TPSA) is 41.1 Å². The van der Waals surface area contributed by atoms with Gasteiger partial charge in [0.15, 0.2) is 5.13 Å². The minimum absolute atomic E-state index is 0.858. The van der Waals surface area contributed by atoms with Gasteiger partial charge in [-0.3, -0.25) is 9.88 Å². The molecular formula is C14H20N4S. The average molecular weight is 276 g/mol. The van der Waals surface area contributed by atoms with Crippen molar-refractivity contribution in [3.63, 3.8) is 0 Å². The summed E-state index contributed by atoms with van der Waals surface area (Å²) in [7, 11) is 2.10. The molecule has 0 aliphatic carbocycles. The highest BCUT2D eigenvalue weighted by Crippen LogP contribution is 2.19. The van der Waals surface area contributed by atoms with Crippen LogP contribution in [0.3, 0.4) is 0 Å². The number of rotatable bonds is 7. The summed E-state index contributed by atoms with van der Waals surface area (Å²) in [6.07, 6.45) is 4.91. The molecule has 0 radical (unpaired) electrons. The van der Waals surface area contributed by atoms with E-state index in [1.165, 1.54) is 4.88 Å². The van der Waals surface area contributed by atoms with Gasteiger partial charge < -0.3 is 5.32 Å². The number of nitrogens with one attached hydrogen (secondary N) is 1. The number of pyridine rings is 1. The molecule has 0 aliphatic heterocycles. The first-order valence-corrected chi connectivity index (χ1v) is 7.36. The van der Waals surface area contributed by atoms with Gasteiger partial charge in [0.2, 0.25) is 0 Å². The van der Waals surface area contributed by atoms with Crippen LogP contribution < -0.4 is 5.32 Å². The van der Waals surface area contributed by atoms with E-state index in [0.717, 1.165) is 36.9 Å². The first kappa shape index (κ1) is 14.0. The first-order chi connectivity index (χ1) is 9.28. The van der Waals surface area contributed by atoms with Crippen LogP contribution in [0.15, 0.2) is 30.6 Å². The van der Waals surface area contributed by atoms with Gasteiger partial charge in [-0.1, -0.05) is 13.0 Å². The first-order valence-electron chi connectivity index (χ1n) is 6.55. The maximum Gasteiger partial charge on any atom is 0.182 e. The summed E-state index contributed by atoms with van der Waals surface area (Å²) in [6.45, 7) is 4.90. The van der Waals surface area contributed by atoms with Crippen LogP contribution >= 0.6 is 11.3 Å². The fourth-order valence-electron chi connectivity index (χ4n) is 1.78. The van der Waals surface area contributed by atoms with Crippen molar-refractivity contribution >= 4 is 16.5 Å². The maximum absolute atomic E-state index is 4.38. The zero-order valence-corrected chi connectivity index (χ0v) is 12.3. The molecule has 102 valence electrons. The Morgan fingerprint density at radius 2 is 2.16 bits per heavy atom. The van der Waals surface area contributed by atoms with Gasteiger partial charge in [0.1, 0.15) is 0 Å². The molecule has 0 bridgehead atoms. The molecule has 0 amide bonds. The minimum Gasteiger partial charge on any atom is -0.362 e. The molecule has 1 N–H and O–H groups in total. The number of nitrogens with zero attached hydrogens (tertiary/aromatic N) is 3. The second-order valence-corrected chi connectivity index (χ2v) is 5.67. The Balaban J connectivity index is 1.85. The summed E-state index contributed by atoms with van der Waals surface area (Å²) in [5, 5.41) is 4.33. The van der Waals surface area contributed by atoms with E-state index in [2.05, 4.69) is 40.2 Å². The molecule has 0 fully saturated rings. The number of aromatic nitrogens is 2. The highest BCUT2D eigenvalue weighted by Gasteiger charge is 2.06. The van der Waals surface area contributed by atoms with E-state index in [4.69, 9.17) is 0 Å². The Kier molecular flexibility index (Phi) is 5.30. The lowest BCUT2D eigenvalue weighted by molar-refractivity contribution is 0.318. The van der Waals surface area contributed by atoms with Crippen molar-refractivity contribution in [2.45, 2.75) is 26.4 Å². The Morgan fingerprint density at radius 1 is 1.26 bits per heavy atom. The molecular weight excluding hydrogens is 256 g/mol. The molecule has 2 aromatic rings. The molecule has 2 rings (SSSR count). The number of hydrogen-bond donors (Lipinski definition) is 1. The molecule has 5 heteroatoms. The third-order valence-corrected chi connectivity index (χ3v) is 3.60. The average Bonchev–Trinajstić information content (AvgIpc) is 2.85. The predicted molar refractivity (Wildman–Crippen MR) is 80.3 cm³/mol. The zero-order valence-electron chi connectivity index (χ0n) is 11.5. The third kappa shape index (κ3) is 4.61. The Bertz CT molecular complexity index is 483. The molecule has 4 nitrogen and oxygen atoms in total. The number of anilines is 1. The molecule has 0 aliphatic rings. The van der Waals surface area contributed by atoms with Crippen molar-refractivity contribution in [3.8, 4) is 0 Å². The number of thiazole rings is 1. The smallest absolute Gasteiger partial charge is 0.182 e. The summed E-state index contributed by atoms with van der Waals surface area (Å²) < 4.78 is 0. The SMILES string of the molecule is CCCNc1ncc(CN(C)Cc2ccccn2)s1. The van der Waals surface area contributed by atoms with Crippen LogP contribution in [0.2, 0.25) is 0 Å². The van der Waals surface area contributed by atoms with Gasteiger partial charge in [0.05, 0.1) is 5.69 Å². The summed E-state index contributed by atoms with van der Waals surface area (Å²) in [5.74, 6) is 0. The predicted octanol–water partition coefficient (Wildman–Crippen LogP) is 2.99. The third-order valence-electron chi connectivity index (χ3n) is 2.66.